The first-order valence-electron chi connectivity index (χ1n) is 5.78. The molecule has 1 rings (SSSR count). The van der Waals surface area contributed by atoms with Crippen molar-refractivity contribution in [2.24, 2.45) is 11.3 Å². The Morgan fingerprint density at radius 2 is 2.19 bits per heavy atom. The molecule has 5 heteroatoms. The fourth-order valence-corrected chi connectivity index (χ4v) is 2.74. The number of carboxylic acid groups (broad SMARTS) is 1. The van der Waals surface area contributed by atoms with Crippen LogP contribution in [0.2, 0.25) is 0 Å². The maximum atomic E-state index is 10.8. The Bertz CT molecular complexity index is 250. The predicted molar refractivity (Wildman–Crippen MR) is 62.8 cm³/mol. The van der Waals surface area contributed by atoms with Gasteiger partial charge in [0.25, 0.3) is 0 Å². The van der Waals surface area contributed by atoms with E-state index in [0.717, 1.165) is 19.4 Å². The minimum absolute atomic E-state index is 0.0207. The van der Waals surface area contributed by atoms with Crippen molar-refractivity contribution in [1.82, 2.24) is 10.3 Å². The summed E-state index contributed by atoms with van der Waals surface area (Å²) in [6.45, 7) is 7.32. The second-order valence-corrected chi connectivity index (χ2v) is 5.59. The number of rotatable bonds is 3. The zero-order chi connectivity index (χ0) is 12.3. The first kappa shape index (κ1) is 13.4. The van der Waals surface area contributed by atoms with Gasteiger partial charge in [-0.1, -0.05) is 20.8 Å². The van der Waals surface area contributed by atoms with E-state index in [1.807, 2.05) is 4.90 Å². The van der Waals surface area contributed by atoms with E-state index >= 15 is 0 Å². The summed E-state index contributed by atoms with van der Waals surface area (Å²) in [5.41, 5.74) is 2.85. The number of aliphatic carboxylic acids is 1. The lowest BCUT2D eigenvalue weighted by molar-refractivity contribution is -0.140. The van der Waals surface area contributed by atoms with Crippen molar-refractivity contribution in [1.29, 1.82) is 0 Å². The number of nitrogens with zero attached hydrogens (tertiary/aromatic N) is 1. The molecule has 5 nitrogen and oxygen atoms in total. The summed E-state index contributed by atoms with van der Waals surface area (Å²) in [4.78, 5) is 12.9. The number of carbonyl (C=O) groups is 1. The standard InChI is InChI=1S/C11H23N3O2/c1-11(2,3)10-8(13-12)5-4-6-14(10)7-9(15)16/h8,10,13H,4-7,12H2,1-3H3,(H,15,16). The maximum absolute atomic E-state index is 10.8. The minimum atomic E-state index is -0.771. The van der Waals surface area contributed by atoms with Gasteiger partial charge in [-0.3, -0.25) is 21.0 Å². The van der Waals surface area contributed by atoms with Crippen LogP contribution in [-0.2, 0) is 4.79 Å². The highest BCUT2D eigenvalue weighted by Gasteiger charge is 2.39. The van der Waals surface area contributed by atoms with Crippen LogP contribution in [0.25, 0.3) is 0 Å². The molecule has 0 aliphatic carbocycles. The van der Waals surface area contributed by atoms with E-state index in [1.165, 1.54) is 0 Å². The van der Waals surface area contributed by atoms with Crippen molar-refractivity contribution < 1.29 is 9.90 Å². The third-order valence-corrected chi connectivity index (χ3v) is 3.17. The normalized spacial score (nSPS) is 28.0. The number of hydrazine groups is 1. The van der Waals surface area contributed by atoms with Gasteiger partial charge in [-0.05, 0) is 24.8 Å². The maximum Gasteiger partial charge on any atom is 0.317 e. The molecule has 0 aromatic heterocycles. The molecule has 0 spiro atoms. The lowest BCUT2D eigenvalue weighted by Crippen LogP contribution is -2.61. The van der Waals surface area contributed by atoms with Gasteiger partial charge in [0.2, 0.25) is 0 Å². The number of piperidine rings is 1. The van der Waals surface area contributed by atoms with Gasteiger partial charge < -0.3 is 5.11 Å². The van der Waals surface area contributed by atoms with Gasteiger partial charge in [0, 0.05) is 12.1 Å². The Balaban J connectivity index is 2.83. The molecular weight excluding hydrogens is 206 g/mol. The molecule has 2 unspecified atom stereocenters. The summed E-state index contributed by atoms with van der Waals surface area (Å²) < 4.78 is 0. The molecule has 16 heavy (non-hydrogen) atoms. The quantitative estimate of drug-likeness (QED) is 0.482. The van der Waals surface area contributed by atoms with E-state index in [4.69, 9.17) is 10.9 Å². The van der Waals surface area contributed by atoms with E-state index in [9.17, 15) is 4.79 Å². The number of hydrogen-bond acceptors (Lipinski definition) is 4. The molecule has 1 saturated heterocycles. The number of likely N-dealkylation sites (tertiary alicyclic amines) is 1. The molecular formula is C11H23N3O2. The zero-order valence-corrected chi connectivity index (χ0v) is 10.4. The third-order valence-electron chi connectivity index (χ3n) is 3.17. The van der Waals surface area contributed by atoms with Gasteiger partial charge in [-0.15, -0.1) is 0 Å². The predicted octanol–water partition coefficient (Wildman–Crippen LogP) is 0.413. The van der Waals surface area contributed by atoms with Crippen molar-refractivity contribution in [3.8, 4) is 0 Å². The van der Waals surface area contributed by atoms with Gasteiger partial charge in [0.05, 0.1) is 6.54 Å². The van der Waals surface area contributed by atoms with Gasteiger partial charge in [0.1, 0.15) is 0 Å². The van der Waals surface area contributed by atoms with Crippen molar-refractivity contribution in [3.05, 3.63) is 0 Å². The summed E-state index contributed by atoms with van der Waals surface area (Å²) in [5.74, 6) is 4.79. The lowest BCUT2D eigenvalue weighted by Gasteiger charge is -2.47. The van der Waals surface area contributed by atoms with Crippen molar-refractivity contribution in [2.75, 3.05) is 13.1 Å². The molecule has 0 aromatic carbocycles. The topological polar surface area (TPSA) is 78.6 Å². The van der Waals surface area contributed by atoms with Crippen LogP contribution in [0.1, 0.15) is 33.6 Å². The average Bonchev–Trinajstić information content (AvgIpc) is 2.14. The summed E-state index contributed by atoms with van der Waals surface area (Å²) in [5, 5.41) is 8.91. The molecule has 0 bridgehead atoms. The van der Waals surface area contributed by atoms with Crippen LogP contribution in [0.15, 0.2) is 0 Å². The molecule has 0 radical (unpaired) electrons. The number of hydrogen-bond donors (Lipinski definition) is 3. The SMILES string of the molecule is CC(C)(C)C1C(NN)CCCN1CC(=O)O. The van der Waals surface area contributed by atoms with Crippen LogP contribution in [-0.4, -0.2) is 41.1 Å². The van der Waals surface area contributed by atoms with E-state index in [-0.39, 0.29) is 24.0 Å². The molecule has 0 aromatic rings. The van der Waals surface area contributed by atoms with Crippen LogP contribution < -0.4 is 11.3 Å². The van der Waals surface area contributed by atoms with Crippen LogP contribution in [0, 0.1) is 5.41 Å². The van der Waals surface area contributed by atoms with Crippen molar-refractivity contribution in [3.63, 3.8) is 0 Å². The molecule has 0 amide bonds. The lowest BCUT2D eigenvalue weighted by atomic mass is 9.78. The van der Waals surface area contributed by atoms with Crippen LogP contribution in [0.3, 0.4) is 0 Å². The first-order valence-corrected chi connectivity index (χ1v) is 5.78. The van der Waals surface area contributed by atoms with E-state index in [1.54, 1.807) is 0 Å². The Labute approximate surface area is 97.0 Å². The molecule has 2 atom stereocenters. The number of carboxylic acids is 1. The van der Waals surface area contributed by atoms with E-state index in [0.29, 0.717) is 0 Å². The highest BCUT2D eigenvalue weighted by Crippen LogP contribution is 2.31. The Morgan fingerprint density at radius 3 is 2.62 bits per heavy atom. The van der Waals surface area contributed by atoms with Crippen LogP contribution >= 0.6 is 0 Å². The molecule has 4 N–H and O–H groups in total. The Hall–Kier alpha value is -0.650. The number of nitrogens with one attached hydrogen (secondary N) is 1. The van der Waals surface area contributed by atoms with Gasteiger partial charge in [0.15, 0.2) is 0 Å². The van der Waals surface area contributed by atoms with Gasteiger partial charge >= 0.3 is 5.97 Å². The molecule has 1 aliphatic heterocycles. The van der Waals surface area contributed by atoms with E-state index in [2.05, 4.69) is 26.2 Å². The minimum Gasteiger partial charge on any atom is -0.480 e. The van der Waals surface area contributed by atoms with Gasteiger partial charge in [-0.2, -0.15) is 0 Å². The third kappa shape index (κ3) is 3.17. The highest BCUT2D eigenvalue weighted by molar-refractivity contribution is 5.69. The fourth-order valence-electron chi connectivity index (χ4n) is 2.74. The largest absolute Gasteiger partial charge is 0.480 e. The molecule has 1 aliphatic rings. The summed E-state index contributed by atoms with van der Waals surface area (Å²) in [6, 6.07) is 0.343. The summed E-state index contributed by atoms with van der Waals surface area (Å²) in [6.07, 6.45) is 2.00. The second-order valence-electron chi connectivity index (χ2n) is 5.59. The van der Waals surface area contributed by atoms with Gasteiger partial charge in [-0.25, -0.2) is 0 Å². The first-order chi connectivity index (χ1) is 7.36. The number of nitrogens with two attached hydrogens (primary N) is 1. The zero-order valence-electron chi connectivity index (χ0n) is 10.4. The molecule has 1 fully saturated rings. The average molecular weight is 229 g/mol. The fraction of sp³-hybridized carbons (Fsp3) is 0.909. The molecule has 94 valence electrons. The molecule has 1 heterocycles. The smallest absolute Gasteiger partial charge is 0.317 e. The Kier molecular flexibility index (Phi) is 4.29. The van der Waals surface area contributed by atoms with Crippen LogP contribution in [0.4, 0.5) is 0 Å². The monoisotopic (exact) mass is 229 g/mol. The molecule has 0 saturated carbocycles. The summed E-state index contributed by atoms with van der Waals surface area (Å²) >= 11 is 0. The van der Waals surface area contributed by atoms with Crippen molar-refractivity contribution >= 4 is 5.97 Å². The summed E-state index contributed by atoms with van der Waals surface area (Å²) in [7, 11) is 0. The van der Waals surface area contributed by atoms with Crippen molar-refractivity contribution in [2.45, 2.75) is 45.7 Å². The Morgan fingerprint density at radius 1 is 1.56 bits per heavy atom. The van der Waals surface area contributed by atoms with E-state index < -0.39 is 5.97 Å². The van der Waals surface area contributed by atoms with Crippen LogP contribution in [0.5, 0.6) is 0 Å². The highest BCUT2D eigenvalue weighted by atomic mass is 16.4. The second kappa shape index (κ2) is 5.12.